The quantitative estimate of drug-likeness (QED) is 0.635. The van der Waals surface area contributed by atoms with Crippen LogP contribution in [-0.2, 0) is 4.74 Å². The van der Waals surface area contributed by atoms with Crippen molar-refractivity contribution in [2.75, 3.05) is 6.07 Å². The zero-order valence-electron chi connectivity index (χ0n) is 6.46. The first kappa shape index (κ1) is 7.84. The zero-order chi connectivity index (χ0) is 8.39. The SMILES string of the molecule is ClCOC1[C]=Cc2ccccc21. The van der Waals surface area contributed by atoms with Crippen LogP contribution in [0.25, 0.3) is 6.08 Å². The van der Waals surface area contributed by atoms with Gasteiger partial charge in [0.15, 0.2) is 0 Å². The van der Waals surface area contributed by atoms with Crippen molar-refractivity contribution >= 4 is 17.7 Å². The molecule has 1 aliphatic rings. The van der Waals surface area contributed by atoms with Crippen LogP contribution < -0.4 is 0 Å². The molecule has 2 heteroatoms. The normalized spacial score (nSPS) is 19.6. The Hall–Kier alpha value is -0.790. The number of benzene rings is 1. The molecule has 12 heavy (non-hydrogen) atoms. The maximum absolute atomic E-state index is 5.47. The zero-order valence-corrected chi connectivity index (χ0v) is 7.21. The van der Waals surface area contributed by atoms with Gasteiger partial charge in [-0.1, -0.05) is 35.9 Å². The van der Waals surface area contributed by atoms with E-state index in [4.69, 9.17) is 16.3 Å². The van der Waals surface area contributed by atoms with Crippen molar-refractivity contribution in [2.24, 2.45) is 0 Å². The first-order valence-corrected chi connectivity index (χ1v) is 4.31. The molecule has 1 atom stereocenters. The van der Waals surface area contributed by atoms with Crippen LogP contribution >= 0.6 is 11.6 Å². The number of rotatable bonds is 2. The molecule has 0 saturated heterocycles. The predicted octanol–water partition coefficient (Wildman–Crippen LogP) is 2.77. The van der Waals surface area contributed by atoms with Crippen molar-refractivity contribution in [2.45, 2.75) is 6.10 Å². The summed E-state index contributed by atoms with van der Waals surface area (Å²) >= 11 is 5.47. The minimum absolute atomic E-state index is 0.0706. The molecule has 0 amide bonds. The second kappa shape index (κ2) is 3.30. The van der Waals surface area contributed by atoms with Gasteiger partial charge >= 0.3 is 0 Å². The Balaban J connectivity index is 2.30. The maximum atomic E-state index is 5.47. The van der Waals surface area contributed by atoms with Gasteiger partial charge in [0.05, 0.1) is 0 Å². The molecule has 1 aromatic rings. The third kappa shape index (κ3) is 1.26. The number of hydrogen-bond acceptors (Lipinski definition) is 1. The molecule has 0 saturated carbocycles. The summed E-state index contributed by atoms with van der Waals surface area (Å²) in [6, 6.07) is 8.27. The van der Waals surface area contributed by atoms with E-state index in [2.05, 4.69) is 6.08 Å². The monoisotopic (exact) mass is 179 g/mol. The van der Waals surface area contributed by atoms with Gasteiger partial charge in [0.1, 0.15) is 12.2 Å². The number of alkyl halides is 1. The molecule has 1 radical (unpaired) electrons. The van der Waals surface area contributed by atoms with Crippen molar-refractivity contribution in [3.63, 3.8) is 0 Å². The molecule has 0 N–H and O–H groups in total. The molecule has 1 aliphatic carbocycles. The largest absolute Gasteiger partial charge is 0.353 e. The topological polar surface area (TPSA) is 9.23 Å². The fourth-order valence-electron chi connectivity index (χ4n) is 1.34. The summed E-state index contributed by atoms with van der Waals surface area (Å²) in [4.78, 5) is 0. The third-order valence-electron chi connectivity index (χ3n) is 1.90. The van der Waals surface area contributed by atoms with Crippen LogP contribution in [0.1, 0.15) is 17.2 Å². The fourth-order valence-corrected chi connectivity index (χ4v) is 1.46. The van der Waals surface area contributed by atoms with Crippen LogP contribution in [0.2, 0.25) is 0 Å². The van der Waals surface area contributed by atoms with Crippen LogP contribution in [0.5, 0.6) is 0 Å². The van der Waals surface area contributed by atoms with Gasteiger partial charge in [-0.3, -0.25) is 0 Å². The van der Waals surface area contributed by atoms with Crippen molar-refractivity contribution in [1.82, 2.24) is 0 Å². The summed E-state index contributed by atoms with van der Waals surface area (Å²) in [5.41, 5.74) is 2.32. The number of ether oxygens (including phenoxy) is 1. The highest BCUT2D eigenvalue weighted by Gasteiger charge is 2.16. The highest BCUT2D eigenvalue weighted by molar-refractivity contribution is 6.17. The average Bonchev–Trinajstić information content (AvgIpc) is 2.50. The number of fused-ring (bicyclic) bond motifs is 1. The van der Waals surface area contributed by atoms with E-state index in [0.717, 1.165) is 5.56 Å². The molecule has 61 valence electrons. The Labute approximate surface area is 76.6 Å². The molecular formula is C10H8ClO. The molecule has 0 spiro atoms. The van der Waals surface area contributed by atoms with Gasteiger partial charge in [0.2, 0.25) is 0 Å². The Kier molecular flexibility index (Phi) is 2.15. The summed E-state index contributed by atoms with van der Waals surface area (Å²) in [5, 5.41) is 0. The standard InChI is InChI=1S/C10H8ClO/c11-7-12-10-6-5-8-3-1-2-4-9(8)10/h1-5,10H,7H2. The Morgan fingerprint density at radius 3 is 3.08 bits per heavy atom. The van der Waals surface area contributed by atoms with Gasteiger partial charge in [0, 0.05) is 0 Å². The van der Waals surface area contributed by atoms with E-state index in [1.807, 2.05) is 30.3 Å². The van der Waals surface area contributed by atoms with Gasteiger partial charge in [-0.15, -0.1) is 0 Å². The summed E-state index contributed by atoms with van der Waals surface area (Å²) < 4.78 is 5.25. The average molecular weight is 180 g/mol. The Bertz CT molecular complexity index is 306. The van der Waals surface area contributed by atoms with Gasteiger partial charge in [0.25, 0.3) is 0 Å². The molecule has 1 aromatic carbocycles. The molecular weight excluding hydrogens is 172 g/mol. The molecule has 2 rings (SSSR count). The minimum Gasteiger partial charge on any atom is -0.353 e. The lowest BCUT2D eigenvalue weighted by atomic mass is 10.1. The second-order valence-corrected chi connectivity index (χ2v) is 2.81. The van der Waals surface area contributed by atoms with Crippen LogP contribution in [0, 0.1) is 6.08 Å². The van der Waals surface area contributed by atoms with Crippen molar-refractivity contribution in [3.05, 3.63) is 41.5 Å². The summed E-state index contributed by atoms with van der Waals surface area (Å²) in [7, 11) is 0. The lowest BCUT2D eigenvalue weighted by molar-refractivity contribution is 0.122. The van der Waals surface area contributed by atoms with Crippen molar-refractivity contribution < 1.29 is 4.74 Å². The van der Waals surface area contributed by atoms with E-state index in [9.17, 15) is 0 Å². The summed E-state index contributed by atoms with van der Waals surface area (Å²) in [6.07, 6.45) is 4.96. The minimum atomic E-state index is -0.0706. The van der Waals surface area contributed by atoms with Crippen molar-refractivity contribution in [1.29, 1.82) is 0 Å². The summed E-state index contributed by atoms with van der Waals surface area (Å²) in [6.45, 7) is 0. The van der Waals surface area contributed by atoms with Crippen LogP contribution in [0.3, 0.4) is 0 Å². The number of halogens is 1. The molecule has 0 fully saturated rings. The second-order valence-electron chi connectivity index (χ2n) is 2.60. The molecule has 1 unspecified atom stereocenters. The smallest absolute Gasteiger partial charge is 0.122 e. The Morgan fingerprint density at radius 2 is 2.25 bits per heavy atom. The lowest BCUT2D eigenvalue weighted by Gasteiger charge is -2.08. The maximum Gasteiger partial charge on any atom is 0.122 e. The van der Waals surface area contributed by atoms with E-state index in [1.165, 1.54) is 5.56 Å². The Morgan fingerprint density at radius 1 is 1.42 bits per heavy atom. The molecule has 0 bridgehead atoms. The van der Waals surface area contributed by atoms with Crippen molar-refractivity contribution in [3.8, 4) is 0 Å². The highest BCUT2D eigenvalue weighted by atomic mass is 35.5. The van der Waals surface area contributed by atoms with E-state index >= 15 is 0 Å². The lowest BCUT2D eigenvalue weighted by Crippen LogP contribution is -1.97. The van der Waals surface area contributed by atoms with Crippen LogP contribution in [0.15, 0.2) is 24.3 Å². The first-order valence-electron chi connectivity index (χ1n) is 3.77. The summed E-state index contributed by atoms with van der Waals surface area (Å²) in [5.74, 6) is 0. The molecule has 0 aromatic heterocycles. The molecule has 0 heterocycles. The van der Waals surface area contributed by atoms with E-state index < -0.39 is 0 Å². The highest BCUT2D eigenvalue weighted by Crippen LogP contribution is 2.29. The van der Waals surface area contributed by atoms with Gasteiger partial charge in [-0.2, -0.15) is 0 Å². The predicted molar refractivity (Wildman–Crippen MR) is 48.7 cm³/mol. The van der Waals surface area contributed by atoms with E-state index in [-0.39, 0.29) is 12.2 Å². The van der Waals surface area contributed by atoms with Crippen LogP contribution in [0.4, 0.5) is 0 Å². The van der Waals surface area contributed by atoms with E-state index in [0.29, 0.717) is 0 Å². The number of hydrogen-bond donors (Lipinski definition) is 0. The van der Waals surface area contributed by atoms with Crippen LogP contribution in [-0.4, -0.2) is 6.07 Å². The van der Waals surface area contributed by atoms with Gasteiger partial charge in [-0.05, 0) is 23.3 Å². The molecule has 1 nitrogen and oxygen atoms in total. The third-order valence-corrected chi connectivity index (χ3v) is 2.02. The van der Waals surface area contributed by atoms with E-state index in [1.54, 1.807) is 0 Å². The first-order chi connectivity index (χ1) is 5.92. The van der Waals surface area contributed by atoms with Gasteiger partial charge < -0.3 is 4.74 Å². The van der Waals surface area contributed by atoms with Gasteiger partial charge in [-0.25, -0.2) is 0 Å². The fraction of sp³-hybridized carbons (Fsp3) is 0.200. The molecule has 0 aliphatic heterocycles.